The Labute approximate surface area is 171 Å². The molecule has 0 spiro atoms. The average Bonchev–Trinajstić information content (AvgIpc) is 2.68. The molecule has 7 heteroatoms. The molecule has 2 heterocycles. The number of nitrogens with zero attached hydrogens (tertiary/aromatic N) is 3. The molecule has 0 amide bonds. The number of aromatic nitrogens is 3. The van der Waals surface area contributed by atoms with Crippen LogP contribution in [0.2, 0.25) is 0 Å². The lowest BCUT2D eigenvalue weighted by Gasteiger charge is -2.31. The first-order valence-corrected chi connectivity index (χ1v) is 11.0. The quantitative estimate of drug-likeness (QED) is 0.653. The van der Waals surface area contributed by atoms with Crippen LogP contribution in [0.1, 0.15) is 76.7 Å². The molecule has 7 nitrogen and oxygen atoms in total. The summed E-state index contributed by atoms with van der Waals surface area (Å²) in [4.78, 5) is 14.0. The van der Waals surface area contributed by atoms with Crippen LogP contribution in [-0.2, 0) is 0 Å². The van der Waals surface area contributed by atoms with Crippen molar-refractivity contribution in [3.05, 3.63) is 18.0 Å². The van der Waals surface area contributed by atoms with Gasteiger partial charge in [-0.3, -0.25) is 0 Å². The minimum Gasteiger partial charge on any atom is -0.474 e. The number of hydrogen-bond acceptors (Lipinski definition) is 7. The minimum atomic E-state index is -0.272. The zero-order valence-corrected chi connectivity index (χ0v) is 17.3. The highest BCUT2D eigenvalue weighted by Gasteiger charge is 2.31. The molecule has 2 saturated carbocycles. The van der Waals surface area contributed by atoms with Crippen LogP contribution in [0.15, 0.2) is 12.4 Å². The maximum absolute atomic E-state index is 9.89. The van der Waals surface area contributed by atoms with Crippen LogP contribution in [0.25, 0.3) is 10.9 Å². The van der Waals surface area contributed by atoms with E-state index in [2.05, 4.69) is 29.1 Å². The van der Waals surface area contributed by atoms with E-state index in [0.29, 0.717) is 36.6 Å². The summed E-state index contributed by atoms with van der Waals surface area (Å²) < 4.78 is 6.04. The van der Waals surface area contributed by atoms with Gasteiger partial charge >= 0.3 is 0 Å². The van der Waals surface area contributed by atoms with Crippen molar-refractivity contribution in [2.24, 2.45) is 0 Å². The van der Waals surface area contributed by atoms with Crippen LogP contribution in [-0.4, -0.2) is 49.5 Å². The smallest absolute Gasteiger partial charge is 0.224 e. The Kier molecular flexibility index (Phi) is 6.15. The zero-order valence-electron chi connectivity index (χ0n) is 17.3. The molecule has 1 atom stereocenters. The van der Waals surface area contributed by atoms with Gasteiger partial charge in [-0.05, 0) is 44.9 Å². The van der Waals surface area contributed by atoms with Crippen molar-refractivity contribution in [3.63, 3.8) is 0 Å². The molecular formula is C22H32N4O3. The molecule has 4 rings (SSSR count). The summed E-state index contributed by atoms with van der Waals surface area (Å²) in [7, 11) is 0. The molecule has 29 heavy (non-hydrogen) atoms. The number of hydrogen-bond donors (Lipinski definition) is 3. The van der Waals surface area contributed by atoms with Gasteiger partial charge in [0.05, 0.1) is 23.1 Å². The number of aliphatic hydroxyl groups is 2. The third-order valence-corrected chi connectivity index (χ3v) is 6.20. The second kappa shape index (κ2) is 8.79. The monoisotopic (exact) mass is 400 g/mol. The molecule has 0 saturated heterocycles. The SMILES string of the molecule is CCCC(C)Nc1ncc2c(OC3CC(O)C3)ncc(C3CCC(O)CC3)c2n1. The molecule has 2 aromatic heterocycles. The van der Waals surface area contributed by atoms with E-state index in [9.17, 15) is 10.2 Å². The zero-order chi connectivity index (χ0) is 20.4. The number of nitrogens with one attached hydrogen (secondary N) is 1. The number of ether oxygens (including phenoxy) is 1. The van der Waals surface area contributed by atoms with Gasteiger partial charge in [-0.25, -0.2) is 15.0 Å². The molecule has 3 N–H and O–H groups in total. The predicted octanol–water partition coefficient (Wildman–Crippen LogP) is 3.55. The summed E-state index contributed by atoms with van der Waals surface area (Å²) in [5.74, 6) is 1.51. The summed E-state index contributed by atoms with van der Waals surface area (Å²) in [6.45, 7) is 4.31. The van der Waals surface area contributed by atoms with E-state index in [1.807, 2.05) is 12.4 Å². The molecule has 1 unspecified atom stereocenters. The van der Waals surface area contributed by atoms with Gasteiger partial charge in [0.1, 0.15) is 6.10 Å². The minimum absolute atomic E-state index is 0.00115. The molecule has 2 fully saturated rings. The first kappa shape index (κ1) is 20.3. The van der Waals surface area contributed by atoms with E-state index in [4.69, 9.17) is 9.72 Å². The molecule has 0 aromatic carbocycles. The van der Waals surface area contributed by atoms with E-state index >= 15 is 0 Å². The van der Waals surface area contributed by atoms with E-state index in [0.717, 1.165) is 55.0 Å². The summed E-state index contributed by atoms with van der Waals surface area (Å²) in [6, 6.07) is 0.305. The number of rotatable bonds is 7. The van der Waals surface area contributed by atoms with Gasteiger partial charge in [-0.2, -0.15) is 0 Å². The lowest BCUT2D eigenvalue weighted by Crippen LogP contribution is -2.37. The topological polar surface area (TPSA) is 100 Å². The largest absolute Gasteiger partial charge is 0.474 e. The molecule has 0 aliphatic heterocycles. The summed E-state index contributed by atoms with van der Waals surface area (Å²) in [6.07, 6.45) is 10.2. The molecular weight excluding hydrogens is 368 g/mol. The second-order valence-electron chi connectivity index (χ2n) is 8.68. The van der Waals surface area contributed by atoms with Gasteiger partial charge in [-0.15, -0.1) is 0 Å². The average molecular weight is 401 g/mol. The van der Waals surface area contributed by atoms with Crippen LogP contribution in [0.5, 0.6) is 5.88 Å². The van der Waals surface area contributed by atoms with Crippen LogP contribution < -0.4 is 10.1 Å². The maximum Gasteiger partial charge on any atom is 0.224 e. The standard InChI is InChI=1S/C22H32N4O3/c1-3-4-13(2)25-22-24-12-19-20(26-22)18(14-5-7-15(27)8-6-14)11-23-21(19)29-17-9-16(28)10-17/h11-17,27-28H,3-10H2,1-2H3,(H,24,25,26). The lowest BCUT2D eigenvalue weighted by molar-refractivity contribution is -0.0120. The molecule has 0 bridgehead atoms. The molecule has 2 aliphatic rings. The van der Waals surface area contributed by atoms with E-state index in [1.165, 1.54) is 0 Å². The normalized spacial score (nSPS) is 28.0. The van der Waals surface area contributed by atoms with Gasteiger partial charge in [-0.1, -0.05) is 13.3 Å². The van der Waals surface area contributed by atoms with Gasteiger partial charge in [0.2, 0.25) is 11.8 Å². The van der Waals surface area contributed by atoms with Crippen LogP contribution in [0.4, 0.5) is 5.95 Å². The number of anilines is 1. The number of fused-ring (bicyclic) bond motifs is 1. The first-order valence-electron chi connectivity index (χ1n) is 11.0. The fourth-order valence-electron chi connectivity index (χ4n) is 4.38. The van der Waals surface area contributed by atoms with E-state index < -0.39 is 0 Å². The summed E-state index contributed by atoms with van der Waals surface area (Å²) in [5, 5.41) is 23.7. The van der Waals surface area contributed by atoms with Gasteiger partial charge in [0.25, 0.3) is 0 Å². The van der Waals surface area contributed by atoms with Gasteiger partial charge in [0, 0.05) is 36.8 Å². The van der Waals surface area contributed by atoms with E-state index in [-0.39, 0.29) is 18.3 Å². The van der Waals surface area contributed by atoms with Crippen molar-refractivity contribution >= 4 is 16.9 Å². The van der Waals surface area contributed by atoms with Crippen LogP contribution in [0.3, 0.4) is 0 Å². The number of pyridine rings is 1. The molecule has 2 aliphatic carbocycles. The Balaban J connectivity index is 1.66. The fourth-order valence-corrected chi connectivity index (χ4v) is 4.38. The van der Waals surface area contributed by atoms with Crippen molar-refractivity contribution in [2.45, 2.75) is 95.5 Å². The third-order valence-electron chi connectivity index (χ3n) is 6.20. The molecule has 158 valence electrons. The number of aliphatic hydroxyl groups excluding tert-OH is 2. The lowest BCUT2D eigenvalue weighted by atomic mass is 9.83. The van der Waals surface area contributed by atoms with Crippen molar-refractivity contribution < 1.29 is 14.9 Å². The molecule has 0 radical (unpaired) electrons. The Bertz CT molecular complexity index is 832. The highest BCUT2D eigenvalue weighted by Crippen LogP contribution is 2.38. The highest BCUT2D eigenvalue weighted by atomic mass is 16.5. The predicted molar refractivity (Wildman–Crippen MR) is 112 cm³/mol. The van der Waals surface area contributed by atoms with Crippen LogP contribution in [0, 0.1) is 0 Å². The second-order valence-corrected chi connectivity index (χ2v) is 8.68. The summed E-state index contributed by atoms with van der Waals surface area (Å²) >= 11 is 0. The highest BCUT2D eigenvalue weighted by molar-refractivity contribution is 5.86. The van der Waals surface area contributed by atoms with E-state index in [1.54, 1.807) is 0 Å². The Morgan fingerprint density at radius 2 is 1.86 bits per heavy atom. The van der Waals surface area contributed by atoms with Crippen LogP contribution >= 0.6 is 0 Å². The Hall–Kier alpha value is -1.99. The Morgan fingerprint density at radius 1 is 1.10 bits per heavy atom. The summed E-state index contributed by atoms with van der Waals surface area (Å²) in [5.41, 5.74) is 2.00. The van der Waals surface area contributed by atoms with Crippen molar-refractivity contribution in [2.75, 3.05) is 5.32 Å². The molecule has 2 aromatic rings. The van der Waals surface area contributed by atoms with Gasteiger partial charge in [0.15, 0.2) is 0 Å². The third kappa shape index (κ3) is 4.61. The fraction of sp³-hybridized carbons (Fsp3) is 0.682. The van der Waals surface area contributed by atoms with Gasteiger partial charge < -0.3 is 20.3 Å². The Morgan fingerprint density at radius 3 is 2.55 bits per heavy atom. The van der Waals surface area contributed by atoms with Crippen molar-refractivity contribution in [1.82, 2.24) is 15.0 Å². The van der Waals surface area contributed by atoms with Crippen molar-refractivity contribution in [1.29, 1.82) is 0 Å². The first-order chi connectivity index (χ1) is 14.0. The maximum atomic E-state index is 9.89. The van der Waals surface area contributed by atoms with Crippen molar-refractivity contribution in [3.8, 4) is 5.88 Å².